The van der Waals surface area contributed by atoms with Gasteiger partial charge in [-0.15, -0.1) is 0 Å². The van der Waals surface area contributed by atoms with Crippen molar-refractivity contribution in [2.24, 2.45) is 0 Å². The molecule has 0 radical (unpaired) electrons. The summed E-state index contributed by atoms with van der Waals surface area (Å²) in [7, 11) is -4.13. The van der Waals surface area contributed by atoms with Gasteiger partial charge < -0.3 is 0 Å². The van der Waals surface area contributed by atoms with Gasteiger partial charge in [0.1, 0.15) is 0 Å². The van der Waals surface area contributed by atoms with Crippen molar-refractivity contribution in [3.63, 3.8) is 0 Å². The van der Waals surface area contributed by atoms with E-state index in [1.54, 1.807) is 12.1 Å². The van der Waals surface area contributed by atoms with Crippen molar-refractivity contribution < 1.29 is 13.0 Å². The van der Waals surface area contributed by atoms with E-state index in [0.717, 1.165) is 5.56 Å². The molecule has 3 nitrogen and oxygen atoms in total. The van der Waals surface area contributed by atoms with Crippen LogP contribution < -0.4 is 0 Å². The van der Waals surface area contributed by atoms with Crippen LogP contribution in [-0.2, 0) is 10.1 Å². The summed E-state index contributed by atoms with van der Waals surface area (Å²) in [6.07, 6.45) is 4.26. The Morgan fingerprint density at radius 3 is 1.73 bits per heavy atom. The normalized spacial score (nSPS) is 14.9. The summed E-state index contributed by atoms with van der Waals surface area (Å²) in [5.74, 6) is 0.488. The maximum Gasteiger partial charge on any atom is 0.294 e. The van der Waals surface area contributed by atoms with Crippen LogP contribution in [0.5, 0.6) is 0 Å². The van der Waals surface area contributed by atoms with Crippen molar-refractivity contribution in [3.8, 4) is 0 Å². The van der Waals surface area contributed by atoms with Crippen LogP contribution in [0.2, 0.25) is 0 Å². The Kier molecular flexibility index (Phi) is 5.16. The van der Waals surface area contributed by atoms with Crippen LogP contribution >= 0.6 is 0 Å². The third kappa shape index (κ3) is 4.29. The first-order valence-corrected chi connectivity index (χ1v) is 8.62. The number of rotatable bonds is 5. The fourth-order valence-corrected chi connectivity index (χ4v) is 2.74. The number of hydrogen-bond donors (Lipinski definition) is 1. The molecule has 4 heteroatoms. The first kappa shape index (κ1) is 16.5. The molecule has 0 aliphatic rings. The quantitative estimate of drug-likeness (QED) is 0.657. The average molecular weight is 316 g/mol. The molecule has 0 bridgehead atoms. The molecule has 22 heavy (non-hydrogen) atoms. The van der Waals surface area contributed by atoms with E-state index < -0.39 is 10.1 Å². The van der Waals surface area contributed by atoms with Gasteiger partial charge in [0.15, 0.2) is 0 Å². The Morgan fingerprint density at radius 2 is 1.27 bits per heavy atom. The molecular formula is C18H20O3S. The van der Waals surface area contributed by atoms with Crippen LogP contribution in [0.1, 0.15) is 36.8 Å². The predicted molar refractivity (Wildman–Crippen MR) is 88.7 cm³/mol. The third-order valence-corrected chi connectivity index (χ3v) is 4.59. The van der Waals surface area contributed by atoms with Gasteiger partial charge in [0.2, 0.25) is 0 Å². The largest absolute Gasteiger partial charge is 0.294 e. The monoisotopic (exact) mass is 316 g/mol. The molecule has 1 N–H and O–H groups in total. The van der Waals surface area contributed by atoms with E-state index in [9.17, 15) is 8.42 Å². The Bertz CT molecular complexity index is 732. The highest BCUT2D eigenvalue weighted by molar-refractivity contribution is 7.85. The summed E-state index contributed by atoms with van der Waals surface area (Å²) in [5.41, 5.74) is 2.26. The van der Waals surface area contributed by atoms with Crippen LogP contribution in [0.15, 0.2) is 71.6 Å². The van der Waals surface area contributed by atoms with Crippen molar-refractivity contribution in [1.82, 2.24) is 0 Å². The zero-order chi connectivity index (χ0) is 16.2. The van der Waals surface area contributed by atoms with E-state index in [0.29, 0.717) is 5.92 Å². The summed E-state index contributed by atoms with van der Waals surface area (Å²) in [6, 6.07) is 16.6. The molecule has 0 amide bonds. The lowest BCUT2D eigenvalue weighted by Crippen LogP contribution is -1.98. The van der Waals surface area contributed by atoms with Crippen molar-refractivity contribution in [2.75, 3.05) is 0 Å². The fourth-order valence-electron chi connectivity index (χ4n) is 2.26. The standard InChI is InChI=1S/C18H20O3S/c1-14(16-6-4-3-5-7-16)8-9-15(2)17-10-12-18(13-11-17)22(19,20)21/h3-15H,1-2H3,(H,19,20,21). The third-order valence-electron chi connectivity index (χ3n) is 3.72. The van der Waals surface area contributed by atoms with Crippen molar-refractivity contribution in [2.45, 2.75) is 30.6 Å². The van der Waals surface area contributed by atoms with Crippen LogP contribution in [0, 0.1) is 0 Å². The maximum absolute atomic E-state index is 11.0. The Labute approximate surface area is 132 Å². The second-order valence-electron chi connectivity index (χ2n) is 5.42. The van der Waals surface area contributed by atoms with E-state index in [4.69, 9.17) is 4.55 Å². The van der Waals surface area contributed by atoms with E-state index in [1.165, 1.54) is 17.7 Å². The molecule has 2 rings (SSSR count). The number of hydrogen-bond acceptors (Lipinski definition) is 2. The van der Waals surface area contributed by atoms with Gasteiger partial charge in [-0.3, -0.25) is 4.55 Å². The summed E-state index contributed by atoms with van der Waals surface area (Å²) in [6.45, 7) is 4.19. The average Bonchev–Trinajstić information content (AvgIpc) is 2.52. The number of benzene rings is 2. The van der Waals surface area contributed by atoms with Gasteiger partial charge in [-0.2, -0.15) is 8.42 Å². The summed E-state index contributed by atoms with van der Waals surface area (Å²) in [5, 5.41) is 0. The molecule has 0 spiro atoms. The summed E-state index contributed by atoms with van der Waals surface area (Å²) >= 11 is 0. The highest BCUT2D eigenvalue weighted by atomic mass is 32.2. The predicted octanol–water partition coefficient (Wildman–Crippen LogP) is 4.40. The fraction of sp³-hybridized carbons (Fsp3) is 0.222. The maximum atomic E-state index is 11.0. The molecule has 2 atom stereocenters. The molecule has 0 saturated heterocycles. The molecule has 116 valence electrons. The summed E-state index contributed by atoms with van der Waals surface area (Å²) in [4.78, 5) is -0.0786. The smallest absolute Gasteiger partial charge is 0.282 e. The molecule has 2 unspecified atom stereocenters. The zero-order valence-corrected chi connectivity index (χ0v) is 13.5. The number of allylic oxidation sites excluding steroid dienone is 2. The molecule has 0 aromatic heterocycles. The molecule has 0 aliphatic heterocycles. The van der Waals surface area contributed by atoms with Gasteiger partial charge in [-0.25, -0.2) is 0 Å². The second-order valence-corrected chi connectivity index (χ2v) is 6.84. The van der Waals surface area contributed by atoms with Crippen LogP contribution in [0.3, 0.4) is 0 Å². The van der Waals surface area contributed by atoms with E-state index in [1.807, 2.05) is 18.2 Å². The minimum atomic E-state index is -4.13. The minimum absolute atomic E-state index is 0.0786. The molecule has 0 fully saturated rings. The molecular weight excluding hydrogens is 296 g/mol. The Morgan fingerprint density at radius 1 is 0.818 bits per heavy atom. The minimum Gasteiger partial charge on any atom is -0.282 e. The van der Waals surface area contributed by atoms with E-state index in [2.05, 4.69) is 38.1 Å². The zero-order valence-electron chi connectivity index (χ0n) is 12.7. The van der Waals surface area contributed by atoms with Gasteiger partial charge in [-0.1, -0.05) is 68.5 Å². The van der Waals surface area contributed by atoms with Gasteiger partial charge in [0.05, 0.1) is 4.90 Å². The lowest BCUT2D eigenvalue weighted by Gasteiger charge is -2.10. The first-order chi connectivity index (χ1) is 10.4. The first-order valence-electron chi connectivity index (χ1n) is 7.18. The van der Waals surface area contributed by atoms with Gasteiger partial charge in [0.25, 0.3) is 10.1 Å². The molecule has 2 aromatic carbocycles. The SMILES string of the molecule is CC(C=CC(C)c1ccc(S(=O)(=O)O)cc1)c1ccccc1. The lowest BCUT2D eigenvalue weighted by molar-refractivity contribution is 0.483. The molecule has 0 saturated carbocycles. The molecule has 0 heterocycles. The second kappa shape index (κ2) is 6.90. The topological polar surface area (TPSA) is 54.4 Å². The highest BCUT2D eigenvalue weighted by Crippen LogP contribution is 2.22. The molecule has 2 aromatic rings. The lowest BCUT2D eigenvalue weighted by atomic mass is 9.96. The molecule has 0 aliphatic carbocycles. The van der Waals surface area contributed by atoms with Gasteiger partial charge in [0, 0.05) is 0 Å². The van der Waals surface area contributed by atoms with Gasteiger partial charge in [-0.05, 0) is 35.1 Å². The van der Waals surface area contributed by atoms with E-state index >= 15 is 0 Å². The van der Waals surface area contributed by atoms with Crippen LogP contribution in [-0.4, -0.2) is 13.0 Å². The van der Waals surface area contributed by atoms with Crippen molar-refractivity contribution in [1.29, 1.82) is 0 Å². The van der Waals surface area contributed by atoms with Gasteiger partial charge >= 0.3 is 0 Å². The van der Waals surface area contributed by atoms with Crippen LogP contribution in [0.4, 0.5) is 0 Å². The Hall–Kier alpha value is -1.91. The van der Waals surface area contributed by atoms with Crippen LogP contribution in [0.25, 0.3) is 0 Å². The van der Waals surface area contributed by atoms with Crippen molar-refractivity contribution in [3.05, 3.63) is 77.9 Å². The highest BCUT2D eigenvalue weighted by Gasteiger charge is 2.10. The summed E-state index contributed by atoms with van der Waals surface area (Å²) < 4.78 is 31.0. The van der Waals surface area contributed by atoms with Crippen molar-refractivity contribution >= 4 is 10.1 Å². The van der Waals surface area contributed by atoms with E-state index in [-0.39, 0.29) is 10.8 Å². The Balaban J connectivity index is 2.09.